The van der Waals surface area contributed by atoms with Crippen molar-refractivity contribution in [2.24, 2.45) is 0 Å². The lowest BCUT2D eigenvalue weighted by atomic mass is 10.2. The SMILES string of the molecule is COc1ccc(CN2CSc3ccccc32)cc1.F[B-](F)(F)F. The highest BCUT2D eigenvalue weighted by atomic mass is 32.2. The topological polar surface area (TPSA) is 12.5 Å². The van der Waals surface area contributed by atoms with Crippen LogP contribution in [0.5, 0.6) is 5.75 Å². The van der Waals surface area contributed by atoms with Gasteiger partial charge in [-0.25, -0.2) is 0 Å². The van der Waals surface area contributed by atoms with Crippen molar-refractivity contribution in [3.05, 3.63) is 54.1 Å². The fraction of sp³-hybridized carbons (Fsp3) is 0.200. The Morgan fingerprint density at radius 1 is 1.04 bits per heavy atom. The van der Waals surface area contributed by atoms with Crippen molar-refractivity contribution >= 4 is 24.7 Å². The van der Waals surface area contributed by atoms with Gasteiger partial charge in [0.1, 0.15) is 5.75 Å². The molecule has 0 radical (unpaired) electrons. The van der Waals surface area contributed by atoms with E-state index in [4.69, 9.17) is 4.74 Å². The molecule has 0 aliphatic carbocycles. The number of hydrogen-bond acceptors (Lipinski definition) is 3. The predicted octanol–water partition coefficient (Wildman–Crippen LogP) is 5.07. The van der Waals surface area contributed by atoms with E-state index in [1.165, 1.54) is 16.1 Å². The fourth-order valence-electron chi connectivity index (χ4n) is 2.14. The Balaban J connectivity index is 0.000000338. The zero-order chi connectivity index (χ0) is 16.9. The maximum Gasteiger partial charge on any atom is 0.673 e. The number of para-hydroxylation sites is 1. The van der Waals surface area contributed by atoms with Gasteiger partial charge in [0, 0.05) is 11.4 Å². The van der Waals surface area contributed by atoms with Crippen LogP contribution in [0.4, 0.5) is 23.0 Å². The van der Waals surface area contributed by atoms with E-state index in [1.54, 1.807) is 7.11 Å². The summed E-state index contributed by atoms with van der Waals surface area (Å²) in [5.41, 5.74) is 2.66. The Hall–Kier alpha value is -1.83. The summed E-state index contributed by atoms with van der Waals surface area (Å²) in [4.78, 5) is 3.79. The zero-order valence-electron chi connectivity index (χ0n) is 12.4. The summed E-state index contributed by atoms with van der Waals surface area (Å²) < 4.78 is 44.2. The fourth-order valence-corrected chi connectivity index (χ4v) is 3.18. The predicted molar refractivity (Wildman–Crippen MR) is 86.5 cm³/mol. The maximum atomic E-state index is 9.75. The first kappa shape index (κ1) is 17.5. The Morgan fingerprint density at radius 3 is 2.26 bits per heavy atom. The Kier molecular flexibility index (Phi) is 5.82. The first-order valence-corrected chi connectivity index (χ1v) is 7.82. The van der Waals surface area contributed by atoms with Crippen molar-refractivity contribution in [2.75, 3.05) is 17.9 Å². The van der Waals surface area contributed by atoms with Crippen LogP contribution < -0.4 is 9.64 Å². The van der Waals surface area contributed by atoms with E-state index >= 15 is 0 Å². The lowest BCUT2D eigenvalue weighted by molar-refractivity contribution is 0.368. The van der Waals surface area contributed by atoms with E-state index < -0.39 is 7.25 Å². The van der Waals surface area contributed by atoms with Gasteiger partial charge in [-0.3, -0.25) is 0 Å². The number of halogens is 4. The number of ether oxygens (including phenoxy) is 1. The van der Waals surface area contributed by atoms with E-state index in [1.807, 2.05) is 23.9 Å². The number of rotatable bonds is 3. The van der Waals surface area contributed by atoms with E-state index in [0.29, 0.717) is 0 Å². The summed E-state index contributed by atoms with van der Waals surface area (Å²) >= 11 is 1.90. The molecule has 124 valence electrons. The number of methoxy groups -OCH3 is 1. The Morgan fingerprint density at radius 2 is 1.65 bits per heavy atom. The van der Waals surface area contributed by atoms with Crippen LogP contribution in [0.3, 0.4) is 0 Å². The molecule has 0 fully saturated rings. The van der Waals surface area contributed by atoms with Crippen LogP contribution in [-0.4, -0.2) is 20.2 Å². The lowest BCUT2D eigenvalue weighted by Crippen LogP contribution is -2.18. The normalized spacial score (nSPS) is 13.2. The minimum Gasteiger partial charge on any atom is -0.497 e. The van der Waals surface area contributed by atoms with Crippen molar-refractivity contribution in [1.82, 2.24) is 0 Å². The van der Waals surface area contributed by atoms with Gasteiger partial charge in [-0.15, -0.1) is 11.8 Å². The van der Waals surface area contributed by atoms with Gasteiger partial charge >= 0.3 is 7.25 Å². The van der Waals surface area contributed by atoms with Gasteiger partial charge in [-0.05, 0) is 29.8 Å². The van der Waals surface area contributed by atoms with Crippen molar-refractivity contribution < 1.29 is 22.0 Å². The molecule has 0 saturated heterocycles. The van der Waals surface area contributed by atoms with Gasteiger partial charge in [0.25, 0.3) is 0 Å². The molecular weight excluding hydrogens is 329 g/mol. The van der Waals surface area contributed by atoms with Crippen LogP contribution in [0.15, 0.2) is 53.4 Å². The maximum absolute atomic E-state index is 9.75. The molecule has 0 unspecified atom stereocenters. The molecule has 1 heterocycles. The molecule has 0 amide bonds. The molecule has 23 heavy (non-hydrogen) atoms. The summed E-state index contributed by atoms with van der Waals surface area (Å²) in [6, 6.07) is 16.9. The van der Waals surface area contributed by atoms with Crippen LogP contribution >= 0.6 is 11.8 Å². The third-order valence-corrected chi connectivity index (χ3v) is 4.21. The van der Waals surface area contributed by atoms with Gasteiger partial charge in [0.2, 0.25) is 0 Å². The van der Waals surface area contributed by atoms with Crippen molar-refractivity contribution in [3.8, 4) is 5.75 Å². The summed E-state index contributed by atoms with van der Waals surface area (Å²) in [6.07, 6.45) is 0. The molecule has 0 atom stereocenters. The standard InChI is InChI=1S/C15H15NOS.BF4/c1-17-13-8-6-12(7-9-13)10-16-11-18-15-5-3-2-4-14(15)16;2-1(3,4)5/h2-9H,10-11H2,1H3;/q;-1. The summed E-state index contributed by atoms with van der Waals surface area (Å²) in [6.45, 7) is 0.952. The third-order valence-electron chi connectivity index (χ3n) is 3.11. The first-order chi connectivity index (χ1) is 10.9. The minimum atomic E-state index is -6.00. The minimum absolute atomic E-state index is 0.912. The number of anilines is 1. The molecule has 2 aromatic rings. The van der Waals surface area contributed by atoms with Crippen molar-refractivity contribution in [2.45, 2.75) is 11.4 Å². The molecule has 0 bridgehead atoms. The molecule has 0 saturated carbocycles. The molecule has 2 aromatic carbocycles. The van der Waals surface area contributed by atoms with E-state index in [2.05, 4.69) is 41.3 Å². The highest BCUT2D eigenvalue weighted by Gasteiger charge is 2.20. The van der Waals surface area contributed by atoms with Gasteiger partial charge in [0.05, 0.1) is 18.7 Å². The second-order valence-corrected chi connectivity index (χ2v) is 5.77. The third kappa shape index (κ3) is 5.71. The molecule has 0 aromatic heterocycles. The van der Waals surface area contributed by atoms with Gasteiger partial charge in [0.15, 0.2) is 0 Å². The first-order valence-electron chi connectivity index (χ1n) is 6.84. The second-order valence-electron chi connectivity index (χ2n) is 4.78. The second kappa shape index (κ2) is 7.63. The number of hydrogen-bond donors (Lipinski definition) is 0. The highest BCUT2D eigenvalue weighted by Crippen LogP contribution is 2.38. The molecule has 3 rings (SSSR count). The van der Waals surface area contributed by atoms with Crippen LogP contribution in [0.1, 0.15) is 5.56 Å². The number of fused-ring (bicyclic) bond motifs is 1. The van der Waals surface area contributed by atoms with Gasteiger partial charge in [-0.1, -0.05) is 24.3 Å². The van der Waals surface area contributed by atoms with Crippen LogP contribution in [-0.2, 0) is 6.54 Å². The molecule has 0 N–H and O–H groups in total. The zero-order valence-corrected chi connectivity index (χ0v) is 13.2. The lowest BCUT2D eigenvalue weighted by Gasteiger charge is -2.18. The number of nitrogens with zero attached hydrogens (tertiary/aromatic N) is 1. The Labute approximate surface area is 136 Å². The molecular formula is C15H15BF4NOS-. The van der Waals surface area contributed by atoms with Crippen LogP contribution in [0.25, 0.3) is 0 Å². The quantitative estimate of drug-likeness (QED) is 0.570. The summed E-state index contributed by atoms with van der Waals surface area (Å²) in [7, 11) is -4.30. The monoisotopic (exact) mass is 344 g/mol. The number of thioether (sulfide) groups is 1. The highest BCUT2D eigenvalue weighted by molar-refractivity contribution is 7.99. The largest absolute Gasteiger partial charge is 0.673 e. The molecule has 0 spiro atoms. The van der Waals surface area contributed by atoms with E-state index in [0.717, 1.165) is 18.2 Å². The molecule has 1 aliphatic rings. The summed E-state index contributed by atoms with van der Waals surface area (Å²) in [5.74, 6) is 1.95. The van der Waals surface area contributed by atoms with Crippen LogP contribution in [0, 0.1) is 0 Å². The van der Waals surface area contributed by atoms with Crippen molar-refractivity contribution in [3.63, 3.8) is 0 Å². The van der Waals surface area contributed by atoms with E-state index in [9.17, 15) is 17.3 Å². The average Bonchev–Trinajstić information content (AvgIpc) is 2.90. The Bertz CT molecular complexity index is 630. The smallest absolute Gasteiger partial charge is 0.497 e. The number of benzene rings is 2. The van der Waals surface area contributed by atoms with Crippen LogP contribution in [0.2, 0.25) is 0 Å². The summed E-state index contributed by atoms with van der Waals surface area (Å²) in [5, 5.41) is 0. The van der Waals surface area contributed by atoms with Gasteiger partial charge in [-0.2, -0.15) is 0 Å². The van der Waals surface area contributed by atoms with Crippen molar-refractivity contribution in [1.29, 1.82) is 0 Å². The van der Waals surface area contributed by atoms with Gasteiger partial charge < -0.3 is 26.9 Å². The molecule has 2 nitrogen and oxygen atoms in total. The average molecular weight is 344 g/mol. The van der Waals surface area contributed by atoms with E-state index in [-0.39, 0.29) is 0 Å². The molecule has 1 aliphatic heterocycles. The molecule has 8 heteroatoms.